The zero-order valence-electron chi connectivity index (χ0n) is 11.6. The van der Waals surface area contributed by atoms with Crippen LogP contribution >= 0.6 is 11.3 Å². The van der Waals surface area contributed by atoms with Crippen LogP contribution in [0.2, 0.25) is 0 Å². The number of thiazole rings is 1. The van der Waals surface area contributed by atoms with Crippen LogP contribution in [0.4, 0.5) is 0 Å². The molecule has 2 rings (SSSR count). The van der Waals surface area contributed by atoms with Crippen molar-refractivity contribution in [2.24, 2.45) is 0 Å². The summed E-state index contributed by atoms with van der Waals surface area (Å²) in [7, 11) is 0. The van der Waals surface area contributed by atoms with Gasteiger partial charge < -0.3 is 10.4 Å². The molecule has 0 unspecified atom stereocenters. The summed E-state index contributed by atoms with van der Waals surface area (Å²) in [4.78, 5) is 26.6. The molecule has 0 aliphatic carbocycles. The lowest BCUT2D eigenvalue weighted by molar-refractivity contribution is 0.0690. The van der Waals surface area contributed by atoms with E-state index in [0.717, 1.165) is 13.0 Å². The number of aromatic nitrogens is 3. The molecule has 7 nitrogen and oxygen atoms in total. The van der Waals surface area contributed by atoms with E-state index >= 15 is 0 Å². The van der Waals surface area contributed by atoms with Gasteiger partial charge in [-0.1, -0.05) is 6.92 Å². The summed E-state index contributed by atoms with van der Waals surface area (Å²) in [6.07, 6.45) is 4.72. The van der Waals surface area contributed by atoms with E-state index in [1.807, 2.05) is 6.92 Å². The van der Waals surface area contributed by atoms with Gasteiger partial charge in [-0.05, 0) is 6.42 Å². The van der Waals surface area contributed by atoms with Crippen LogP contribution in [-0.2, 0) is 13.0 Å². The molecule has 0 aliphatic rings. The first-order valence-electron chi connectivity index (χ1n) is 6.58. The number of aryl methyl sites for hydroxylation is 1. The quantitative estimate of drug-likeness (QED) is 0.806. The van der Waals surface area contributed by atoms with E-state index in [0.29, 0.717) is 23.5 Å². The van der Waals surface area contributed by atoms with Crippen molar-refractivity contribution in [3.8, 4) is 0 Å². The number of carboxylic acids is 1. The third-order valence-corrected chi connectivity index (χ3v) is 3.65. The molecular weight excluding hydrogens is 292 g/mol. The molecule has 2 aromatic heterocycles. The summed E-state index contributed by atoms with van der Waals surface area (Å²) < 4.78 is 1.73. The van der Waals surface area contributed by atoms with Crippen LogP contribution in [0.3, 0.4) is 0 Å². The first-order chi connectivity index (χ1) is 10.1. The van der Waals surface area contributed by atoms with Crippen molar-refractivity contribution < 1.29 is 14.7 Å². The van der Waals surface area contributed by atoms with Crippen molar-refractivity contribution in [2.45, 2.75) is 26.3 Å². The average molecular weight is 308 g/mol. The van der Waals surface area contributed by atoms with Gasteiger partial charge in [0.05, 0.1) is 16.8 Å². The fourth-order valence-corrected chi connectivity index (χ4v) is 2.51. The molecule has 0 aliphatic heterocycles. The summed E-state index contributed by atoms with van der Waals surface area (Å²) in [6, 6.07) is 0. The van der Waals surface area contributed by atoms with Gasteiger partial charge in [0.1, 0.15) is 0 Å². The smallest absolute Gasteiger partial charge is 0.355 e. The molecule has 0 saturated heterocycles. The molecular formula is C13H16N4O3S. The van der Waals surface area contributed by atoms with Crippen LogP contribution in [0.5, 0.6) is 0 Å². The number of carbonyl (C=O) groups is 2. The zero-order valence-corrected chi connectivity index (χ0v) is 12.4. The van der Waals surface area contributed by atoms with E-state index in [-0.39, 0.29) is 11.6 Å². The van der Waals surface area contributed by atoms with Gasteiger partial charge in [-0.25, -0.2) is 9.78 Å². The van der Waals surface area contributed by atoms with E-state index in [4.69, 9.17) is 5.11 Å². The Balaban J connectivity index is 1.81. The molecule has 0 fully saturated rings. The van der Waals surface area contributed by atoms with Crippen LogP contribution in [0, 0.1) is 0 Å². The van der Waals surface area contributed by atoms with Crippen LogP contribution in [0.15, 0.2) is 17.8 Å². The average Bonchev–Trinajstić information content (AvgIpc) is 3.08. The highest BCUT2D eigenvalue weighted by Gasteiger charge is 2.10. The highest BCUT2D eigenvalue weighted by molar-refractivity contribution is 7.09. The van der Waals surface area contributed by atoms with Gasteiger partial charge in [0.15, 0.2) is 5.69 Å². The highest BCUT2D eigenvalue weighted by Crippen LogP contribution is 2.10. The van der Waals surface area contributed by atoms with E-state index in [1.165, 1.54) is 22.9 Å². The molecule has 2 heterocycles. The molecule has 2 aromatic rings. The number of rotatable bonds is 7. The second-order valence-electron chi connectivity index (χ2n) is 4.43. The van der Waals surface area contributed by atoms with Crippen molar-refractivity contribution in [3.05, 3.63) is 34.0 Å². The first-order valence-corrected chi connectivity index (χ1v) is 7.46. The Morgan fingerprint density at radius 3 is 2.95 bits per heavy atom. The molecule has 2 N–H and O–H groups in total. The number of hydrogen-bond acceptors (Lipinski definition) is 5. The van der Waals surface area contributed by atoms with Gasteiger partial charge in [0.2, 0.25) is 0 Å². The number of carboxylic acid groups (broad SMARTS) is 1. The van der Waals surface area contributed by atoms with Gasteiger partial charge in [0.25, 0.3) is 5.91 Å². The predicted octanol–water partition coefficient (Wildman–Crippen LogP) is 1.42. The van der Waals surface area contributed by atoms with E-state index < -0.39 is 5.97 Å². The fraction of sp³-hybridized carbons (Fsp3) is 0.385. The van der Waals surface area contributed by atoms with Gasteiger partial charge in [0, 0.05) is 31.1 Å². The predicted molar refractivity (Wildman–Crippen MR) is 77.6 cm³/mol. The lowest BCUT2D eigenvalue weighted by Gasteiger charge is -2.01. The first kappa shape index (κ1) is 15.2. The summed E-state index contributed by atoms with van der Waals surface area (Å²) >= 11 is 1.28. The van der Waals surface area contributed by atoms with E-state index in [2.05, 4.69) is 15.4 Å². The standard InChI is InChI=1S/C13H16N4O3S/c1-2-5-17-7-9(6-15-17)12(18)14-4-3-11-16-10(8-21-11)13(19)20/h6-8H,2-5H2,1H3,(H,14,18)(H,19,20). The van der Waals surface area contributed by atoms with E-state index in [9.17, 15) is 9.59 Å². The lowest BCUT2D eigenvalue weighted by atomic mass is 10.3. The maximum absolute atomic E-state index is 11.9. The summed E-state index contributed by atoms with van der Waals surface area (Å²) in [5, 5.41) is 17.8. The minimum atomic E-state index is -1.04. The fourth-order valence-electron chi connectivity index (χ4n) is 1.74. The van der Waals surface area contributed by atoms with Crippen molar-refractivity contribution in [3.63, 3.8) is 0 Å². The molecule has 0 spiro atoms. The molecule has 0 bridgehead atoms. The molecule has 21 heavy (non-hydrogen) atoms. The number of hydrogen-bond donors (Lipinski definition) is 2. The van der Waals surface area contributed by atoms with Gasteiger partial charge in [-0.15, -0.1) is 11.3 Å². The summed E-state index contributed by atoms with van der Waals surface area (Å²) in [6.45, 7) is 3.23. The second kappa shape index (κ2) is 6.98. The molecule has 0 aromatic carbocycles. The maximum Gasteiger partial charge on any atom is 0.355 e. The van der Waals surface area contributed by atoms with Crippen LogP contribution < -0.4 is 5.32 Å². The Labute approximate surface area is 125 Å². The van der Waals surface area contributed by atoms with Gasteiger partial charge in [-0.3, -0.25) is 9.48 Å². The maximum atomic E-state index is 11.9. The van der Waals surface area contributed by atoms with Crippen LogP contribution in [0.25, 0.3) is 0 Å². The number of amides is 1. The van der Waals surface area contributed by atoms with Crippen molar-refractivity contribution in [1.29, 1.82) is 0 Å². The van der Waals surface area contributed by atoms with Gasteiger partial charge in [-0.2, -0.15) is 5.10 Å². The molecule has 8 heteroatoms. The molecule has 0 saturated carbocycles. The van der Waals surface area contributed by atoms with E-state index in [1.54, 1.807) is 10.9 Å². The molecule has 112 valence electrons. The SMILES string of the molecule is CCCn1cc(C(=O)NCCc2nc(C(=O)O)cs2)cn1. The molecule has 1 amide bonds. The number of nitrogens with one attached hydrogen (secondary N) is 1. The highest BCUT2D eigenvalue weighted by atomic mass is 32.1. The third kappa shape index (κ3) is 4.12. The summed E-state index contributed by atoms with van der Waals surface area (Å²) in [5.74, 6) is -1.22. The lowest BCUT2D eigenvalue weighted by Crippen LogP contribution is -2.25. The Morgan fingerprint density at radius 1 is 1.48 bits per heavy atom. The number of carbonyl (C=O) groups excluding carboxylic acids is 1. The third-order valence-electron chi connectivity index (χ3n) is 2.74. The topological polar surface area (TPSA) is 97.1 Å². The second-order valence-corrected chi connectivity index (χ2v) is 5.37. The number of nitrogens with zero attached hydrogens (tertiary/aromatic N) is 3. The largest absolute Gasteiger partial charge is 0.476 e. The van der Waals surface area contributed by atoms with Crippen LogP contribution in [-0.4, -0.2) is 38.3 Å². The molecule has 0 radical (unpaired) electrons. The monoisotopic (exact) mass is 308 g/mol. The summed E-state index contributed by atoms with van der Waals surface area (Å²) in [5.41, 5.74) is 0.566. The Kier molecular flexibility index (Phi) is 5.04. The number of aromatic carboxylic acids is 1. The minimum Gasteiger partial charge on any atom is -0.476 e. The minimum absolute atomic E-state index is 0.0437. The molecule has 0 atom stereocenters. The normalized spacial score (nSPS) is 10.5. The zero-order chi connectivity index (χ0) is 15.2. The van der Waals surface area contributed by atoms with Crippen LogP contribution in [0.1, 0.15) is 39.2 Å². The Bertz CT molecular complexity index is 635. The Hall–Kier alpha value is -2.22. The van der Waals surface area contributed by atoms with Crippen molar-refractivity contribution in [1.82, 2.24) is 20.1 Å². The Morgan fingerprint density at radius 2 is 2.29 bits per heavy atom. The van der Waals surface area contributed by atoms with Crippen molar-refractivity contribution >= 4 is 23.2 Å². The van der Waals surface area contributed by atoms with Gasteiger partial charge >= 0.3 is 5.97 Å². The van der Waals surface area contributed by atoms with Crippen molar-refractivity contribution in [2.75, 3.05) is 6.54 Å².